The summed E-state index contributed by atoms with van der Waals surface area (Å²) < 4.78 is 6.84. The largest absolute Gasteiger partial charge is 0.465 e. The number of nitrogens with one attached hydrogen (secondary N) is 2. The number of methoxy groups -OCH3 is 1. The Balaban J connectivity index is 1.72. The Hall–Kier alpha value is -4.13. The average molecular weight is 383 g/mol. The molecule has 0 spiro atoms. The topological polar surface area (TPSA) is 84.3 Å². The van der Waals surface area contributed by atoms with Gasteiger partial charge in [-0.25, -0.2) is 9.78 Å². The molecule has 7 heteroatoms. The van der Waals surface area contributed by atoms with Crippen LogP contribution in [0.2, 0.25) is 0 Å². The van der Waals surface area contributed by atoms with Crippen LogP contribution in [0.4, 0.5) is 11.5 Å². The maximum atomic E-state index is 12.2. The number of imidazole rings is 1. The lowest BCUT2D eigenvalue weighted by atomic mass is 10.1. The number of esters is 1. The van der Waals surface area contributed by atoms with Crippen LogP contribution >= 0.6 is 0 Å². The van der Waals surface area contributed by atoms with E-state index in [1.54, 1.807) is 24.5 Å². The second-order valence-corrected chi connectivity index (χ2v) is 6.52. The summed E-state index contributed by atoms with van der Waals surface area (Å²) in [5.41, 5.74) is 4.53. The van der Waals surface area contributed by atoms with Crippen molar-refractivity contribution in [2.75, 3.05) is 12.4 Å². The molecule has 0 atom stereocenters. The van der Waals surface area contributed by atoms with Gasteiger partial charge in [0.25, 0.3) is 0 Å². The highest BCUT2D eigenvalue weighted by Gasteiger charge is 2.19. The highest BCUT2D eigenvalue weighted by Crippen LogP contribution is 2.35. The van der Waals surface area contributed by atoms with Gasteiger partial charge in [-0.3, -0.25) is 9.38 Å². The Morgan fingerprint density at radius 2 is 1.97 bits per heavy atom. The van der Waals surface area contributed by atoms with Crippen molar-refractivity contribution in [3.63, 3.8) is 0 Å². The zero-order valence-electron chi connectivity index (χ0n) is 15.6. The van der Waals surface area contributed by atoms with Crippen LogP contribution in [-0.4, -0.2) is 32.4 Å². The molecule has 0 aliphatic heterocycles. The summed E-state index contributed by atoms with van der Waals surface area (Å²) in [4.78, 5) is 24.5. The molecule has 7 nitrogen and oxygen atoms in total. The van der Waals surface area contributed by atoms with Crippen molar-refractivity contribution < 1.29 is 9.53 Å². The minimum Gasteiger partial charge on any atom is -0.465 e. The van der Waals surface area contributed by atoms with Crippen molar-refractivity contribution >= 4 is 34.0 Å². The lowest BCUT2D eigenvalue weighted by Gasteiger charge is -2.12. The number of rotatable bonds is 4. The van der Waals surface area contributed by atoms with Gasteiger partial charge in [0.2, 0.25) is 0 Å². The summed E-state index contributed by atoms with van der Waals surface area (Å²) in [6, 6.07) is 15.3. The van der Waals surface area contributed by atoms with Gasteiger partial charge in [0, 0.05) is 35.1 Å². The molecule has 0 unspecified atom stereocenters. The third-order valence-corrected chi connectivity index (χ3v) is 4.86. The molecule has 3 aromatic heterocycles. The van der Waals surface area contributed by atoms with E-state index in [1.807, 2.05) is 47.1 Å². The molecule has 5 rings (SSSR count). The van der Waals surface area contributed by atoms with Crippen LogP contribution in [0.15, 0.2) is 73.3 Å². The van der Waals surface area contributed by atoms with Gasteiger partial charge < -0.3 is 15.0 Å². The van der Waals surface area contributed by atoms with Crippen LogP contribution in [0.25, 0.3) is 27.8 Å². The summed E-state index contributed by atoms with van der Waals surface area (Å²) in [6.45, 7) is 0. The molecule has 0 saturated heterocycles. The van der Waals surface area contributed by atoms with Gasteiger partial charge in [-0.2, -0.15) is 0 Å². The van der Waals surface area contributed by atoms with Gasteiger partial charge in [-0.05, 0) is 18.2 Å². The summed E-state index contributed by atoms with van der Waals surface area (Å²) >= 11 is 0. The Bertz CT molecular complexity index is 1350. The molecule has 0 bridgehead atoms. The minimum atomic E-state index is -0.405. The number of fused-ring (bicyclic) bond motifs is 2. The maximum absolute atomic E-state index is 12.2. The van der Waals surface area contributed by atoms with E-state index in [2.05, 4.69) is 21.4 Å². The smallest absolute Gasteiger partial charge is 0.339 e. The summed E-state index contributed by atoms with van der Waals surface area (Å²) in [5, 5.41) is 4.45. The average Bonchev–Trinajstić information content (AvgIpc) is 3.35. The minimum absolute atomic E-state index is 0.405. The summed E-state index contributed by atoms with van der Waals surface area (Å²) in [7, 11) is 1.37. The molecule has 0 saturated carbocycles. The van der Waals surface area contributed by atoms with Crippen LogP contribution < -0.4 is 5.32 Å². The molecule has 2 N–H and O–H groups in total. The first-order chi connectivity index (χ1) is 14.3. The zero-order chi connectivity index (χ0) is 19.8. The number of nitrogens with zero attached hydrogens (tertiary/aromatic N) is 3. The number of anilines is 2. The van der Waals surface area contributed by atoms with Gasteiger partial charge >= 0.3 is 5.97 Å². The van der Waals surface area contributed by atoms with E-state index in [4.69, 9.17) is 9.72 Å². The third-order valence-electron chi connectivity index (χ3n) is 4.86. The predicted molar refractivity (Wildman–Crippen MR) is 111 cm³/mol. The van der Waals surface area contributed by atoms with Gasteiger partial charge in [-0.1, -0.05) is 30.3 Å². The van der Waals surface area contributed by atoms with Crippen molar-refractivity contribution in [3.8, 4) is 11.3 Å². The second kappa shape index (κ2) is 6.79. The maximum Gasteiger partial charge on any atom is 0.339 e. The molecular weight excluding hydrogens is 366 g/mol. The van der Waals surface area contributed by atoms with Gasteiger partial charge in [-0.15, -0.1) is 0 Å². The highest BCUT2D eigenvalue weighted by atomic mass is 16.5. The van der Waals surface area contributed by atoms with Crippen molar-refractivity contribution in [2.45, 2.75) is 0 Å². The first-order valence-corrected chi connectivity index (χ1v) is 9.09. The van der Waals surface area contributed by atoms with Crippen LogP contribution in [-0.2, 0) is 4.74 Å². The van der Waals surface area contributed by atoms with Crippen molar-refractivity contribution in [3.05, 3.63) is 78.9 Å². The number of carbonyl (C=O) groups is 1. The van der Waals surface area contributed by atoms with Crippen molar-refractivity contribution in [1.29, 1.82) is 0 Å². The number of benzene rings is 2. The van der Waals surface area contributed by atoms with Crippen LogP contribution in [0, 0.1) is 0 Å². The summed E-state index contributed by atoms with van der Waals surface area (Å²) in [5.74, 6) is 0.334. The van der Waals surface area contributed by atoms with E-state index in [9.17, 15) is 4.79 Å². The molecule has 5 aromatic rings. The van der Waals surface area contributed by atoms with Crippen molar-refractivity contribution in [1.82, 2.24) is 19.4 Å². The Morgan fingerprint density at radius 3 is 2.86 bits per heavy atom. The second-order valence-electron chi connectivity index (χ2n) is 6.52. The molecule has 0 aliphatic carbocycles. The van der Waals surface area contributed by atoms with E-state index < -0.39 is 5.97 Å². The molecule has 0 fully saturated rings. The van der Waals surface area contributed by atoms with E-state index in [0.29, 0.717) is 16.9 Å². The van der Waals surface area contributed by atoms with Crippen LogP contribution in [0.1, 0.15) is 10.4 Å². The monoisotopic (exact) mass is 383 g/mol. The Morgan fingerprint density at radius 1 is 1.14 bits per heavy atom. The van der Waals surface area contributed by atoms with Gasteiger partial charge in [0.05, 0.1) is 24.6 Å². The van der Waals surface area contributed by atoms with E-state index in [1.165, 1.54) is 7.11 Å². The number of para-hydroxylation sites is 2. The number of ether oxygens (including phenoxy) is 1. The molecular formula is C22H17N5O2. The van der Waals surface area contributed by atoms with E-state index in [0.717, 1.165) is 28.0 Å². The standard InChI is InChI=1S/C22H17N5O2/c1-29-22(28)15-7-3-5-9-18(15)25-21-20(26-19-13-23-10-11-27(19)21)16-12-24-17-8-4-2-6-14(16)17/h2-13,24-25H,1H3. The van der Waals surface area contributed by atoms with Crippen LogP contribution in [0.3, 0.4) is 0 Å². The number of H-pyrrole nitrogens is 1. The zero-order valence-corrected chi connectivity index (χ0v) is 15.6. The molecule has 0 aliphatic rings. The third kappa shape index (κ3) is 2.80. The number of aromatic nitrogens is 4. The lowest BCUT2D eigenvalue weighted by Crippen LogP contribution is -2.06. The number of aromatic amines is 1. The molecule has 3 heterocycles. The van der Waals surface area contributed by atoms with Crippen LogP contribution in [0.5, 0.6) is 0 Å². The molecule has 0 amide bonds. The molecule has 142 valence electrons. The molecule has 0 radical (unpaired) electrons. The number of carbonyl (C=O) groups excluding carboxylic acids is 1. The van der Waals surface area contributed by atoms with Crippen molar-refractivity contribution in [2.24, 2.45) is 0 Å². The van der Waals surface area contributed by atoms with Gasteiger partial charge in [0.15, 0.2) is 5.65 Å². The van der Waals surface area contributed by atoms with E-state index in [-0.39, 0.29) is 0 Å². The SMILES string of the molecule is COC(=O)c1ccccc1Nc1c(-c2c[nH]c3ccccc23)nc2cnccn12. The van der Waals surface area contributed by atoms with Gasteiger partial charge in [0.1, 0.15) is 11.5 Å². The Kier molecular flexibility index (Phi) is 3.98. The fourth-order valence-corrected chi connectivity index (χ4v) is 3.49. The predicted octanol–water partition coefficient (Wildman–Crippen LogP) is 4.41. The highest BCUT2D eigenvalue weighted by molar-refractivity contribution is 6.00. The van der Waals surface area contributed by atoms with E-state index >= 15 is 0 Å². The lowest BCUT2D eigenvalue weighted by molar-refractivity contribution is 0.0602. The fraction of sp³-hybridized carbons (Fsp3) is 0.0455. The molecule has 29 heavy (non-hydrogen) atoms. The first kappa shape index (κ1) is 17.0. The number of hydrogen-bond acceptors (Lipinski definition) is 5. The Labute approximate surface area is 166 Å². The summed E-state index contributed by atoms with van der Waals surface area (Å²) in [6.07, 6.45) is 7.18. The quantitative estimate of drug-likeness (QED) is 0.449. The number of hydrogen-bond donors (Lipinski definition) is 2. The normalized spacial score (nSPS) is 11.1. The molecule has 2 aromatic carbocycles. The fourth-order valence-electron chi connectivity index (χ4n) is 3.49. The first-order valence-electron chi connectivity index (χ1n) is 9.09.